The highest BCUT2D eigenvalue weighted by Crippen LogP contribution is 2.52. The molecule has 0 aromatic heterocycles. The summed E-state index contributed by atoms with van der Waals surface area (Å²) >= 11 is 0. The lowest BCUT2D eigenvalue weighted by molar-refractivity contribution is 0.0215. The SMILES string of the molecule is c1ccc(C2Oc3c(c4ccccc4c4ccccc34)OC2c2ccccc2)cc1. The van der Waals surface area contributed by atoms with Gasteiger partial charge in [-0.3, -0.25) is 0 Å². The molecule has 0 spiro atoms. The molecule has 1 aliphatic heterocycles. The molecule has 2 heteroatoms. The van der Waals surface area contributed by atoms with Crippen molar-refractivity contribution < 1.29 is 9.47 Å². The molecule has 0 N–H and O–H groups in total. The fraction of sp³-hybridized carbons (Fsp3) is 0.0714. The third-order valence-electron chi connectivity index (χ3n) is 5.86. The lowest BCUT2D eigenvalue weighted by atomic mass is 9.94. The monoisotopic (exact) mass is 388 g/mol. The first-order valence-electron chi connectivity index (χ1n) is 10.3. The molecule has 0 saturated heterocycles. The zero-order chi connectivity index (χ0) is 19.9. The van der Waals surface area contributed by atoms with E-state index in [1.165, 1.54) is 10.8 Å². The van der Waals surface area contributed by atoms with E-state index in [4.69, 9.17) is 9.47 Å². The topological polar surface area (TPSA) is 18.5 Å². The van der Waals surface area contributed by atoms with Crippen LogP contribution >= 0.6 is 0 Å². The molecule has 2 atom stereocenters. The molecule has 0 radical (unpaired) electrons. The van der Waals surface area contributed by atoms with Crippen molar-refractivity contribution in [1.82, 2.24) is 0 Å². The fourth-order valence-corrected chi connectivity index (χ4v) is 4.46. The number of hydrogen-bond acceptors (Lipinski definition) is 2. The first-order valence-corrected chi connectivity index (χ1v) is 10.3. The van der Waals surface area contributed by atoms with Gasteiger partial charge in [-0.05, 0) is 21.9 Å². The van der Waals surface area contributed by atoms with E-state index in [1.54, 1.807) is 0 Å². The highest BCUT2D eigenvalue weighted by molar-refractivity contribution is 6.13. The Morgan fingerprint density at radius 3 is 1.10 bits per heavy atom. The molecule has 5 aromatic carbocycles. The Morgan fingerprint density at radius 2 is 0.700 bits per heavy atom. The van der Waals surface area contributed by atoms with E-state index in [0.29, 0.717) is 0 Å². The summed E-state index contributed by atoms with van der Waals surface area (Å²) in [5.41, 5.74) is 2.21. The lowest BCUT2D eigenvalue weighted by Gasteiger charge is -2.36. The fourth-order valence-electron chi connectivity index (χ4n) is 4.46. The van der Waals surface area contributed by atoms with E-state index < -0.39 is 0 Å². The van der Waals surface area contributed by atoms with Crippen LogP contribution in [-0.4, -0.2) is 0 Å². The lowest BCUT2D eigenvalue weighted by Crippen LogP contribution is -2.26. The van der Waals surface area contributed by atoms with Crippen LogP contribution in [0.4, 0.5) is 0 Å². The standard InChI is InChI=1S/C28H20O2/c1-3-11-19(12-4-1)25-26(20-13-5-2-6-14-20)30-28-24-18-10-8-16-22(24)21-15-7-9-17-23(21)27(28)29-25/h1-18,25-26H. The van der Waals surface area contributed by atoms with Crippen molar-refractivity contribution in [2.75, 3.05) is 0 Å². The van der Waals surface area contributed by atoms with Crippen molar-refractivity contribution in [3.63, 3.8) is 0 Å². The van der Waals surface area contributed by atoms with Gasteiger partial charge in [0.05, 0.1) is 0 Å². The summed E-state index contributed by atoms with van der Waals surface area (Å²) in [4.78, 5) is 0. The molecule has 1 heterocycles. The van der Waals surface area contributed by atoms with Gasteiger partial charge < -0.3 is 9.47 Å². The molecule has 144 valence electrons. The highest BCUT2D eigenvalue weighted by Gasteiger charge is 2.36. The third-order valence-corrected chi connectivity index (χ3v) is 5.86. The first-order chi connectivity index (χ1) is 14.9. The van der Waals surface area contributed by atoms with Gasteiger partial charge in [0.15, 0.2) is 23.7 Å². The van der Waals surface area contributed by atoms with E-state index in [1.807, 2.05) is 12.1 Å². The molecule has 5 aromatic rings. The number of fused-ring (bicyclic) bond motifs is 6. The second kappa shape index (κ2) is 6.93. The summed E-state index contributed by atoms with van der Waals surface area (Å²) in [6, 6.07) is 37.5. The second-order valence-electron chi connectivity index (χ2n) is 7.65. The van der Waals surface area contributed by atoms with Crippen LogP contribution in [0.15, 0.2) is 109 Å². The van der Waals surface area contributed by atoms with Gasteiger partial charge >= 0.3 is 0 Å². The third kappa shape index (κ3) is 2.65. The van der Waals surface area contributed by atoms with Gasteiger partial charge in [-0.25, -0.2) is 0 Å². The summed E-state index contributed by atoms with van der Waals surface area (Å²) in [6.45, 7) is 0. The Kier molecular flexibility index (Phi) is 3.95. The summed E-state index contributed by atoms with van der Waals surface area (Å²) in [6.07, 6.45) is -0.462. The average molecular weight is 388 g/mol. The normalized spacial score (nSPS) is 17.9. The minimum Gasteiger partial charge on any atom is -0.477 e. The van der Waals surface area contributed by atoms with Crippen molar-refractivity contribution >= 4 is 21.5 Å². The van der Waals surface area contributed by atoms with Crippen LogP contribution < -0.4 is 9.47 Å². The molecule has 1 aliphatic rings. The Labute approximate surface area is 175 Å². The van der Waals surface area contributed by atoms with Crippen LogP contribution in [0.3, 0.4) is 0 Å². The summed E-state index contributed by atoms with van der Waals surface area (Å²) in [5, 5.41) is 4.53. The highest BCUT2D eigenvalue weighted by atomic mass is 16.6. The number of hydrogen-bond donors (Lipinski definition) is 0. The quantitative estimate of drug-likeness (QED) is 0.297. The van der Waals surface area contributed by atoms with Gasteiger partial charge in [-0.15, -0.1) is 0 Å². The predicted octanol–water partition coefficient (Wildman–Crippen LogP) is 7.25. The predicted molar refractivity (Wildman–Crippen MR) is 121 cm³/mol. The Bertz CT molecular complexity index is 1240. The Balaban J connectivity index is 1.63. The second-order valence-corrected chi connectivity index (χ2v) is 7.65. The molecule has 30 heavy (non-hydrogen) atoms. The minimum atomic E-state index is -0.231. The number of ether oxygens (including phenoxy) is 2. The molecule has 0 amide bonds. The average Bonchev–Trinajstić information content (AvgIpc) is 2.84. The maximum atomic E-state index is 6.78. The van der Waals surface area contributed by atoms with Crippen LogP contribution in [-0.2, 0) is 0 Å². The van der Waals surface area contributed by atoms with Crippen LogP contribution in [0.5, 0.6) is 11.5 Å². The van der Waals surface area contributed by atoms with E-state index in [-0.39, 0.29) is 12.2 Å². The molecule has 2 nitrogen and oxygen atoms in total. The Hall–Kier alpha value is -3.78. The first kappa shape index (κ1) is 17.1. The van der Waals surface area contributed by atoms with Gasteiger partial charge in [0.2, 0.25) is 0 Å². The minimum absolute atomic E-state index is 0.231. The molecule has 6 rings (SSSR count). The van der Waals surface area contributed by atoms with Crippen molar-refractivity contribution in [3.05, 3.63) is 120 Å². The molecule has 2 unspecified atom stereocenters. The van der Waals surface area contributed by atoms with Gasteiger partial charge in [0.25, 0.3) is 0 Å². The van der Waals surface area contributed by atoms with Gasteiger partial charge in [0, 0.05) is 10.8 Å². The van der Waals surface area contributed by atoms with Gasteiger partial charge in [-0.1, -0.05) is 109 Å². The van der Waals surface area contributed by atoms with Crippen LogP contribution in [0, 0.1) is 0 Å². The van der Waals surface area contributed by atoms with Crippen LogP contribution in [0.2, 0.25) is 0 Å². The van der Waals surface area contributed by atoms with E-state index in [0.717, 1.165) is 33.4 Å². The van der Waals surface area contributed by atoms with Crippen molar-refractivity contribution in [3.8, 4) is 11.5 Å². The zero-order valence-corrected chi connectivity index (χ0v) is 16.4. The number of rotatable bonds is 2. The van der Waals surface area contributed by atoms with Crippen molar-refractivity contribution in [2.45, 2.75) is 12.2 Å². The van der Waals surface area contributed by atoms with Crippen molar-refractivity contribution in [2.24, 2.45) is 0 Å². The van der Waals surface area contributed by atoms with Crippen molar-refractivity contribution in [1.29, 1.82) is 0 Å². The summed E-state index contributed by atoms with van der Waals surface area (Å²) in [5.74, 6) is 1.65. The molecule has 0 bridgehead atoms. The van der Waals surface area contributed by atoms with E-state index >= 15 is 0 Å². The zero-order valence-electron chi connectivity index (χ0n) is 16.4. The van der Waals surface area contributed by atoms with Gasteiger partial charge in [-0.2, -0.15) is 0 Å². The molecule has 0 fully saturated rings. The maximum Gasteiger partial charge on any atom is 0.170 e. The maximum absolute atomic E-state index is 6.78. The van der Waals surface area contributed by atoms with E-state index in [2.05, 4.69) is 97.1 Å². The number of benzene rings is 5. The molecular formula is C28H20O2. The molecule has 0 saturated carbocycles. The summed E-state index contributed by atoms with van der Waals surface area (Å²) in [7, 11) is 0. The molecular weight excluding hydrogens is 368 g/mol. The van der Waals surface area contributed by atoms with Gasteiger partial charge in [0.1, 0.15) is 0 Å². The largest absolute Gasteiger partial charge is 0.477 e. The van der Waals surface area contributed by atoms with E-state index in [9.17, 15) is 0 Å². The van der Waals surface area contributed by atoms with Crippen LogP contribution in [0.1, 0.15) is 23.3 Å². The molecule has 0 aliphatic carbocycles. The smallest absolute Gasteiger partial charge is 0.170 e. The van der Waals surface area contributed by atoms with Crippen LogP contribution in [0.25, 0.3) is 21.5 Å². The Morgan fingerprint density at radius 1 is 0.367 bits per heavy atom. The summed E-state index contributed by atoms with van der Waals surface area (Å²) < 4.78 is 13.6.